The van der Waals surface area contributed by atoms with Crippen LogP contribution in [0, 0.1) is 17.1 Å². The van der Waals surface area contributed by atoms with Crippen LogP contribution in [0.15, 0.2) is 18.2 Å². The molecule has 0 spiro atoms. The van der Waals surface area contributed by atoms with Crippen molar-refractivity contribution in [1.82, 2.24) is 19.8 Å². The van der Waals surface area contributed by atoms with Crippen molar-refractivity contribution in [2.75, 3.05) is 56.6 Å². The van der Waals surface area contributed by atoms with Gasteiger partial charge >= 0.3 is 24.5 Å². The average molecular weight is 754 g/mol. The van der Waals surface area contributed by atoms with Gasteiger partial charge in [0.25, 0.3) is 0 Å². The first-order valence-electron chi connectivity index (χ1n) is 16.2. The summed E-state index contributed by atoms with van der Waals surface area (Å²) in [6.45, 7) is 0.479. The molecule has 19 heteroatoms. The van der Waals surface area contributed by atoms with Gasteiger partial charge in [0.05, 0.1) is 38.5 Å². The van der Waals surface area contributed by atoms with Gasteiger partial charge in [-0.1, -0.05) is 6.07 Å². The number of benzene rings is 2. The number of aromatic nitrogens is 2. The fraction of sp³-hybridized carbons (Fsp3) is 0.455. The predicted octanol–water partition coefficient (Wildman–Crippen LogP) is 6.74. The van der Waals surface area contributed by atoms with Crippen LogP contribution in [0.2, 0.25) is 0 Å². The molecule has 6 heterocycles. The maximum absolute atomic E-state index is 15.5. The van der Waals surface area contributed by atoms with E-state index in [9.17, 15) is 18.8 Å². The molecule has 2 N–H and O–H groups in total. The average Bonchev–Trinajstić information content (AvgIpc) is 3.82. The standard InChI is InChI=1S/C33H27F8N7O3S/c34-15-9-31(4-1-5-47(31)11-15)14-51-29-44-25-18(28(45-29)46-6-7-48-16(12-46)13-50-30(48)49)8-20(32(36,37)38)23(24(25)33(39,40)41)17-2-3-21(35)26-22(17)19(10-42)27(43)52-26/h2-3,8,15-16H,1,4-7,9,11-14,43H2/t15-,16-,31+/m1/s1. The third-order valence-electron chi connectivity index (χ3n) is 10.4. The van der Waals surface area contributed by atoms with Crippen molar-refractivity contribution in [2.24, 2.45) is 0 Å². The molecule has 0 bridgehead atoms. The van der Waals surface area contributed by atoms with Crippen LogP contribution in [-0.4, -0.2) is 89.6 Å². The monoisotopic (exact) mass is 753 g/mol. The molecule has 52 heavy (non-hydrogen) atoms. The molecule has 8 rings (SSSR count). The Labute approximate surface area is 293 Å². The number of alkyl halides is 7. The molecular formula is C33H27F8N7O3S. The Balaban J connectivity index is 1.40. The van der Waals surface area contributed by atoms with Crippen molar-refractivity contribution in [3.05, 3.63) is 40.7 Å². The van der Waals surface area contributed by atoms with Crippen molar-refractivity contribution >= 4 is 49.2 Å². The minimum Gasteiger partial charge on any atom is -0.461 e. The van der Waals surface area contributed by atoms with E-state index in [1.54, 1.807) is 6.07 Å². The molecule has 0 saturated carbocycles. The van der Waals surface area contributed by atoms with Crippen LogP contribution in [-0.2, 0) is 17.1 Å². The first-order chi connectivity index (χ1) is 24.6. The fourth-order valence-corrected chi connectivity index (χ4v) is 9.10. The highest BCUT2D eigenvalue weighted by Gasteiger charge is 2.50. The van der Waals surface area contributed by atoms with Crippen LogP contribution in [0.4, 0.5) is 50.7 Å². The quantitative estimate of drug-likeness (QED) is 0.221. The third kappa shape index (κ3) is 5.40. The molecule has 0 aliphatic carbocycles. The van der Waals surface area contributed by atoms with Gasteiger partial charge < -0.3 is 20.1 Å². The SMILES string of the molecule is N#Cc1c(N)sc2c(F)ccc(-c3c(C(F)(F)F)cc4c(N5CCN6C(=O)OC[C@H]6C5)nc(OC[C@@]56CCCN5C[C@H](F)C6)nc4c3C(F)(F)F)c12. The van der Waals surface area contributed by atoms with Gasteiger partial charge in [-0.3, -0.25) is 9.80 Å². The highest BCUT2D eigenvalue weighted by molar-refractivity contribution is 7.23. The number of halogens is 8. The Morgan fingerprint density at radius 1 is 1.12 bits per heavy atom. The van der Waals surface area contributed by atoms with E-state index in [1.807, 2.05) is 4.90 Å². The molecular weight excluding hydrogens is 726 g/mol. The van der Waals surface area contributed by atoms with Gasteiger partial charge in [-0.25, -0.2) is 13.6 Å². The molecule has 3 atom stereocenters. The number of fused-ring (bicyclic) bond motifs is 4. The van der Waals surface area contributed by atoms with E-state index in [1.165, 1.54) is 9.80 Å². The lowest BCUT2D eigenvalue weighted by atomic mass is 9.88. The molecule has 4 aliphatic heterocycles. The lowest BCUT2D eigenvalue weighted by molar-refractivity contribution is -0.141. The number of hydrogen-bond acceptors (Lipinski definition) is 10. The zero-order valence-corrected chi connectivity index (χ0v) is 27.7. The predicted molar refractivity (Wildman–Crippen MR) is 172 cm³/mol. The number of amides is 1. The zero-order chi connectivity index (χ0) is 36.9. The summed E-state index contributed by atoms with van der Waals surface area (Å²) in [5, 5.41) is 8.43. The summed E-state index contributed by atoms with van der Waals surface area (Å²) in [6.07, 6.45) is -11.3. The van der Waals surface area contributed by atoms with Crippen LogP contribution in [0.25, 0.3) is 32.1 Å². The van der Waals surface area contributed by atoms with Gasteiger partial charge in [0.2, 0.25) is 0 Å². The second-order valence-electron chi connectivity index (χ2n) is 13.4. The topological polar surface area (TPSA) is 121 Å². The number of carbonyl (C=O) groups excluding carboxylic acids is 1. The summed E-state index contributed by atoms with van der Waals surface area (Å²) < 4.78 is 132. The van der Waals surface area contributed by atoms with E-state index < -0.39 is 96.8 Å². The minimum absolute atomic E-state index is 0.0266. The van der Waals surface area contributed by atoms with Crippen molar-refractivity contribution in [2.45, 2.75) is 49.4 Å². The van der Waals surface area contributed by atoms with Crippen LogP contribution >= 0.6 is 11.3 Å². The van der Waals surface area contributed by atoms with E-state index in [-0.39, 0.29) is 56.6 Å². The summed E-state index contributed by atoms with van der Waals surface area (Å²) in [6, 6.07) is 2.54. The van der Waals surface area contributed by atoms with Gasteiger partial charge in [-0.05, 0) is 37.1 Å². The molecule has 2 aromatic heterocycles. The van der Waals surface area contributed by atoms with Crippen LogP contribution in [0.3, 0.4) is 0 Å². The number of anilines is 2. The number of nitriles is 1. The second-order valence-corrected chi connectivity index (χ2v) is 14.4. The largest absolute Gasteiger partial charge is 0.461 e. The van der Waals surface area contributed by atoms with Crippen LogP contribution < -0.4 is 15.4 Å². The van der Waals surface area contributed by atoms with Gasteiger partial charge in [-0.15, -0.1) is 11.3 Å². The van der Waals surface area contributed by atoms with Crippen molar-refractivity contribution < 1.29 is 49.4 Å². The first-order valence-corrected chi connectivity index (χ1v) is 17.1. The number of nitrogens with zero attached hydrogens (tertiary/aromatic N) is 6. The Hall–Kier alpha value is -4.70. The molecule has 4 aliphatic rings. The molecule has 1 amide bonds. The number of hydrogen-bond donors (Lipinski definition) is 1. The van der Waals surface area contributed by atoms with E-state index in [0.29, 0.717) is 30.4 Å². The highest BCUT2D eigenvalue weighted by atomic mass is 32.1. The number of nitrogens with two attached hydrogens (primary N) is 1. The van der Waals surface area contributed by atoms with E-state index >= 15 is 26.3 Å². The van der Waals surface area contributed by atoms with Crippen molar-refractivity contribution in [3.63, 3.8) is 0 Å². The Morgan fingerprint density at radius 2 is 1.90 bits per heavy atom. The Bertz CT molecular complexity index is 2190. The fourth-order valence-electron chi connectivity index (χ4n) is 8.15. The summed E-state index contributed by atoms with van der Waals surface area (Å²) >= 11 is 0.523. The Kier molecular flexibility index (Phi) is 7.88. The third-order valence-corrected chi connectivity index (χ3v) is 11.4. The number of nitrogen functional groups attached to an aromatic ring is 1. The zero-order valence-electron chi connectivity index (χ0n) is 26.9. The van der Waals surface area contributed by atoms with Gasteiger partial charge in [0, 0.05) is 48.9 Å². The lowest BCUT2D eigenvalue weighted by Gasteiger charge is -2.37. The second kappa shape index (κ2) is 11.9. The number of rotatable bonds is 5. The lowest BCUT2D eigenvalue weighted by Crippen LogP contribution is -2.52. The van der Waals surface area contributed by atoms with E-state index in [4.69, 9.17) is 15.2 Å². The van der Waals surface area contributed by atoms with Gasteiger partial charge in [-0.2, -0.15) is 41.6 Å². The number of cyclic esters (lactones) is 1. The first kappa shape index (κ1) is 34.4. The maximum Gasteiger partial charge on any atom is 0.419 e. The number of thiophene rings is 1. The smallest absolute Gasteiger partial charge is 0.419 e. The molecule has 4 aromatic rings. The van der Waals surface area contributed by atoms with Gasteiger partial charge in [0.15, 0.2) is 0 Å². The molecule has 2 aromatic carbocycles. The van der Waals surface area contributed by atoms with Crippen molar-refractivity contribution in [3.8, 4) is 23.2 Å². The summed E-state index contributed by atoms with van der Waals surface area (Å²) in [5.74, 6) is -1.30. The molecule has 4 fully saturated rings. The molecule has 4 saturated heterocycles. The Morgan fingerprint density at radius 3 is 2.63 bits per heavy atom. The number of carbonyl (C=O) groups is 1. The van der Waals surface area contributed by atoms with E-state index in [0.717, 1.165) is 18.6 Å². The van der Waals surface area contributed by atoms with Crippen LogP contribution in [0.1, 0.15) is 36.0 Å². The van der Waals surface area contributed by atoms with Crippen molar-refractivity contribution in [1.29, 1.82) is 5.26 Å². The summed E-state index contributed by atoms with van der Waals surface area (Å²) in [5.41, 5.74) is -1.92. The highest BCUT2D eigenvalue weighted by Crippen LogP contribution is 2.52. The summed E-state index contributed by atoms with van der Waals surface area (Å²) in [7, 11) is 0. The van der Waals surface area contributed by atoms with Crippen LogP contribution in [0.5, 0.6) is 6.01 Å². The normalized spacial score (nSPS) is 23.7. The molecule has 274 valence electrons. The minimum atomic E-state index is -5.51. The number of piperazine rings is 1. The van der Waals surface area contributed by atoms with Gasteiger partial charge in [0.1, 0.15) is 42.1 Å². The molecule has 0 unspecified atom stereocenters. The summed E-state index contributed by atoms with van der Waals surface area (Å²) in [4.78, 5) is 25.5. The molecule has 0 radical (unpaired) electrons. The maximum atomic E-state index is 15.5. The van der Waals surface area contributed by atoms with E-state index in [2.05, 4.69) is 9.97 Å². The number of ether oxygens (including phenoxy) is 2. The molecule has 10 nitrogen and oxygen atoms in total.